The van der Waals surface area contributed by atoms with Gasteiger partial charge in [-0.1, -0.05) is 41.7 Å². The molecule has 0 amide bonds. The van der Waals surface area contributed by atoms with Crippen molar-refractivity contribution < 1.29 is 13.2 Å². The highest BCUT2D eigenvalue weighted by atomic mass is 32.1. The third-order valence-corrected chi connectivity index (χ3v) is 5.32. The largest absolute Gasteiger partial charge is 0.416 e. The summed E-state index contributed by atoms with van der Waals surface area (Å²) in [5.41, 5.74) is 0.268. The molecule has 8 heteroatoms. The van der Waals surface area contributed by atoms with Gasteiger partial charge in [0.2, 0.25) is 0 Å². The van der Waals surface area contributed by atoms with Crippen molar-refractivity contribution in [3.63, 3.8) is 0 Å². The lowest BCUT2D eigenvalue weighted by atomic mass is 10.1. The van der Waals surface area contributed by atoms with Gasteiger partial charge in [0.05, 0.1) is 17.5 Å². The van der Waals surface area contributed by atoms with Crippen molar-refractivity contribution in [3.05, 3.63) is 94.4 Å². The number of benzene rings is 2. The smallest absolute Gasteiger partial charge is 0.313 e. The average molecular weight is 413 g/mol. The Morgan fingerprint density at radius 3 is 2.34 bits per heavy atom. The van der Waals surface area contributed by atoms with Crippen molar-refractivity contribution in [2.75, 3.05) is 4.90 Å². The van der Waals surface area contributed by atoms with Gasteiger partial charge in [0.15, 0.2) is 5.13 Å². The Morgan fingerprint density at radius 2 is 1.66 bits per heavy atom. The van der Waals surface area contributed by atoms with Crippen LogP contribution in [0, 0.1) is 0 Å². The molecule has 0 atom stereocenters. The Balaban J connectivity index is 1.82. The van der Waals surface area contributed by atoms with Crippen LogP contribution in [0.25, 0.3) is 10.2 Å². The van der Waals surface area contributed by atoms with Gasteiger partial charge in [0, 0.05) is 11.9 Å². The highest BCUT2D eigenvalue weighted by Gasteiger charge is 2.30. The lowest BCUT2D eigenvalue weighted by molar-refractivity contribution is -0.137. The maximum absolute atomic E-state index is 12.9. The minimum atomic E-state index is -4.42. The molecule has 2 aromatic carbocycles. The molecular formula is C21H14F3N3OS. The number of pyridine rings is 1. The number of halogens is 3. The zero-order valence-corrected chi connectivity index (χ0v) is 15.7. The molecule has 0 aliphatic heterocycles. The number of aromatic nitrogens is 2. The molecule has 0 radical (unpaired) electrons. The van der Waals surface area contributed by atoms with Crippen LogP contribution in [0.2, 0.25) is 0 Å². The number of anilines is 2. The summed E-state index contributed by atoms with van der Waals surface area (Å²) in [5.74, 6) is 0. The summed E-state index contributed by atoms with van der Waals surface area (Å²) in [4.78, 5) is 23.1. The minimum absolute atomic E-state index is 0.341. The molecule has 0 N–H and O–H groups in total. The molecule has 146 valence electrons. The molecule has 0 bridgehead atoms. The minimum Gasteiger partial charge on any atom is -0.313 e. The molecule has 2 heterocycles. The summed E-state index contributed by atoms with van der Waals surface area (Å²) < 4.78 is 38.8. The van der Waals surface area contributed by atoms with E-state index in [0.29, 0.717) is 27.6 Å². The van der Waals surface area contributed by atoms with E-state index >= 15 is 0 Å². The SMILES string of the molecule is O=c1nc(N(Cc2ccccc2)c2ccc(C(F)(F)F)cc2)sc2ncccc12. The summed E-state index contributed by atoms with van der Waals surface area (Å²) in [6.45, 7) is 0.341. The van der Waals surface area contributed by atoms with Crippen molar-refractivity contribution >= 4 is 32.4 Å². The van der Waals surface area contributed by atoms with Gasteiger partial charge in [-0.25, -0.2) is 4.98 Å². The highest BCUT2D eigenvalue weighted by Crippen LogP contribution is 2.34. The molecule has 0 fully saturated rings. The monoisotopic (exact) mass is 413 g/mol. The topological polar surface area (TPSA) is 46.1 Å². The van der Waals surface area contributed by atoms with Gasteiger partial charge in [-0.2, -0.15) is 18.2 Å². The third-order valence-electron chi connectivity index (χ3n) is 4.31. The summed E-state index contributed by atoms with van der Waals surface area (Å²) in [6.07, 6.45) is -2.83. The number of rotatable bonds is 4. The molecule has 4 aromatic rings. The fourth-order valence-electron chi connectivity index (χ4n) is 2.87. The first-order valence-electron chi connectivity index (χ1n) is 8.66. The molecule has 4 nitrogen and oxygen atoms in total. The van der Waals surface area contributed by atoms with Crippen molar-refractivity contribution in [3.8, 4) is 0 Å². The normalized spacial score (nSPS) is 11.6. The third kappa shape index (κ3) is 4.12. The molecule has 0 aliphatic rings. The first-order valence-corrected chi connectivity index (χ1v) is 9.48. The van der Waals surface area contributed by atoms with Crippen molar-refractivity contribution in [1.29, 1.82) is 0 Å². The fraction of sp³-hybridized carbons (Fsp3) is 0.0952. The van der Waals surface area contributed by atoms with Crippen LogP contribution in [0.3, 0.4) is 0 Å². The molecule has 0 saturated heterocycles. The Morgan fingerprint density at radius 1 is 0.931 bits per heavy atom. The van der Waals surface area contributed by atoms with E-state index in [1.54, 1.807) is 23.2 Å². The van der Waals surface area contributed by atoms with Crippen LogP contribution in [-0.2, 0) is 12.7 Å². The van der Waals surface area contributed by atoms with Crippen molar-refractivity contribution in [2.24, 2.45) is 0 Å². The zero-order valence-electron chi connectivity index (χ0n) is 14.9. The van der Waals surface area contributed by atoms with Crippen LogP contribution < -0.4 is 10.5 Å². The van der Waals surface area contributed by atoms with Crippen molar-refractivity contribution in [1.82, 2.24) is 9.97 Å². The molecular weight excluding hydrogens is 399 g/mol. The van der Waals surface area contributed by atoms with Crippen LogP contribution in [0.5, 0.6) is 0 Å². The summed E-state index contributed by atoms with van der Waals surface area (Å²) in [5, 5.41) is 0.776. The average Bonchev–Trinajstić information content (AvgIpc) is 2.72. The van der Waals surface area contributed by atoms with Gasteiger partial charge in [0.25, 0.3) is 5.56 Å². The number of hydrogen-bond donors (Lipinski definition) is 0. The van der Waals surface area contributed by atoms with Gasteiger partial charge >= 0.3 is 6.18 Å². The summed E-state index contributed by atoms with van der Waals surface area (Å²) in [6, 6.07) is 17.6. The Kier molecular flexibility index (Phi) is 5.02. The highest BCUT2D eigenvalue weighted by molar-refractivity contribution is 7.21. The van der Waals surface area contributed by atoms with E-state index in [4.69, 9.17) is 0 Å². The molecule has 0 spiro atoms. The predicted octanol–water partition coefficient (Wildman–Crippen LogP) is 5.41. The van der Waals surface area contributed by atoms with E-state index in [2.05, 4.69) is 9.97 Å². The molecule has 2 aromatic heterocycles. The van der Waals surface area contributed by atoms with Gasteiger partial charge < -0.3 is 4.90 Å². The predicted molar refractivity (Wildman–Crippen MR) is 107 cm³/mol. The quantitative estimate of drug-likeness (QED) is 0.449. The standard InChI is InChI=1S/C21H14F3N3OS/c22-21(23,24)15-8-10-16(11-9-15)27(13-14-5-2-1-3-6-14)20-26-18(28)17-7-4-12-25-19(17)29-20/h1-12H,13H2. The van der Waals surface area contributed by atoms with Crippen LogP contribution in [0.1, 0.15) is 11.1 Å². The first-order chi connectivity index (χ1) is 13.9. The second-order valence-corrected chi connectivity index (χ2v) is 7.23. The molecule has 0 unspecified atom stereocenters. The van der Waals surface area contributed by atoms with Gasteiger partial charge in [-0.15, -0.1) is 0 Å². The van der Waals surface area contributed by atoms with Gasteiger partial charge in [-0.05, 0) is 42.0 Å². The summed E-state index contributed by atoms with van der Waals surface area (Å²) >= 11 is 1.21. The van der Waals surface area contributed by atoms with Gasteiger partial charge in [0.1, 0.15) is 4.83 Å². The molecule has 4 rings (SSSR count). The van der Waals surface area contributed by atoms with E-state index in [9.17, 15) is 18.0 Å². The second-order valence-electron chi connectivity index (χ2n) is 6.27. The molecule has 0 aliphatic carbocycles. The van der Waals surface area contributed by atoms with Crippen LogP contribution >= 0.6 is 11.3 Å². The lowest BCUT2D eigenvalue weighted by Gasteiger charge is -2.23. The van der Waals surface area contributed by atoms with E-state index < -0.39 is 17.3 Å². The summed E-state index contributed by atoms with van der Waals surface area (Å²) in [7, 11) is 0. The zero-order chi connectivity index (χ0) is 20.4. The number of nitrogens with zero attached hydrogens (tertiary/aromatic N) is 3. The van der Waals surface area contributed by atoms with E-state index in [0.717, 1.165) is 17.7 Å². The number of hydrogen-bond acceptors (Lipinski definition) is 5. The Hall–Kier alpha value is -3.26. The molecule has 29 heavy (non-hydrogen) atoms. The van der Waals surface area contributed by atoms with Crippen LogP contribution in [-0.4, -0.2) is 9.97 Å². The molecule has 0 saturated carbocycles. The second kappa shape index (κ2) is 7.63. The fourth-order valence-corrected chi connectivity index (χ4v) is 3.83. The van der Waals surface area contributed by atoms with Crippen LogP contribution in [0.4, 0.5) is 24.0 Å². The Bertz CT molecular complexity index is 1190. The van der Waals surface area contributed by atoms with Gasteiger partial charge in [-0.3, -0.25) is 4.79 Å². The van der Waals surface area contributed by atoms with E-state index in [1.165, 1.54) is 23.5 Å². The maximum Gasteiger partial charge on any atom is 0.416 e. The van der Waals surface area contributed by atoms with E-state index in [-0.39, 0.29) is 0 Å². The lowest BCUT2D eigenvalue weighted by Crippen LogP contribution is -2.20. The van der Waals surface area contributed by atoms with Crippen LogP contribution in [0.15, 0.2) is 77.7 Å². The first kappa shape index (κ1) is 19.1. The Labute approximate surface area is 167 Å². The maximum atomic E-state index is 12.9. The number of alkyl halides is 3. The number of fused-ring (bicyclic) bond motifs is 1. The van der Waals surface area contributed by atoms with Crippen molar-refractivity contribution in [2.45, 2.75) is 12.7 Å². The van der Waals surface area contributed by atoms with E-state index in [1.807, 2.05) is 30.3 Å².